The number of allylic oxidation sites excluding steroid dienone is 4. The standard InChI is InChI=1S/C10H17N/c1-4-5-6-7-9(2)8-10(3)11/h4-7,10H,2,8,11H2,1,3H3/b5-4-,7-6-. The molecular weight excluding hydrogens is 134 g/mol. The largest absolute Gasteiger partial charge is 0.328 e. The van der Waals surface area contributed by atoms with Gasteiger partial charge < -0.3 is 5.73 Å². The fourth-order valence-electron chi connectivity index (χ4n) is 0.784. The lowest BCUT2D eigenvalue weighted by Crippen LogP contribution is -2.14. The Bertz CT molecular complexity index is 164. The second-order valence-electron chi connectivity index (χ2n) is 2.72. The van der Waals surface area contributed by atoms with Gasteiger partial charge in [0, 0.05) is 6.04 Å². The molecule has 1 unspecified atom stereocenters. The molecule has 62 valence electrons. The van der Waals surface area contributed by atoms with Crippen molar-refractivity contribution >= 4 is 0 Å². The van der Waals surface area contributed by atoms with Gasteiger partial charge in [0.1, 0.15) is 0 Å². The molecule has 0 spiro atoms. The van der Waals surface area contributed by atoms with Crippen molar-refractivity contribution in [1.82, 2.24) is 0 Å². The maximum absolute atomic E-state index is 5.58. The molecule has 0 fully saturated rings. The monoisotopic (exact) mass is 151 g/mol. The first-order valence-electron chi connectivity index (χ1n) is 3.89. The van der Waals surface area contributed by atoms with Crippen molar-refractivity contribution in [1.29, 1.82) is 0 Å². The average molecular weight is 151 g/mol. The van der Waals surface area contributed by atoms with E-state index in [0.29, 0.717) is 0 Å². The lowest BCUT2D eigenvalue weighted by atomic mass is 10.1. The minimum absolute atomic E-state index is 0.206. The topological polar surface area (TPSA) is 26.0 Å². The van der Waals surface area contributed by atoms with Crippen molar-refractivity contribution in [2.75, 3.05) is 0 Å². The average Bonchev–Trinajstić information content (AvgIpc) is 1.86. The van der Waals surface area contributed by atoms with Crippen molar-refractivity contribution in [3.05, 3.63) is 36.5 Å². The van der Waals surface area contributed by atoms with Gasteiger partial charge >= 0.3 is 0 Å². The minimum atomic E-state index is 0.206. The maximum atomic E-state index is 5.58. The third-order valence-corrected chi connectivity index (χ3v) is 1.22. The highest BCUT2D eigenvalue weighted by Gasteiger charge is 1.93. The maximum Gasteiger partial charge on any atom is 0.00506 e. The molecule has 0 saturated carbocycles. The molecule has 1 heteroatoms. The highest BCUT2D eigenvalue weighted by atomic mass is 14.6. The number of nitrogens with two attached hydrogens (primary N) is 1. The Kier molecular flexibility index (Phi) is 5.49. The first-order valence-corrected chi connectivity index (χ1v) is 3.89. The fourth-order valence-corrected chi connectivity index (χ4v) is 0.784. The molecule has 0 saturated heterocycles. The van der Waals surface area contributed by atoms with E-state index in [9.17, 15) is 0 Å². The summed E-state index contributed by atoms with van der Waals surface area (Å²) >= 11 is 0. The SMILES string of the molecule is C=C(/C=C\C=C/C)CC(C)N. The smallest absolute Gasteiger partial charge is 0.00506 e. The summed E-state index contributed by atoms with van der Waals surface area (Å²) in [6.07, 6.45) is 8.80. The molecule has 0 aliphatic carbocycles. The molecule has 0 aromatic heterocycles. The lowest BCUT2D eigenvalue weighted by molar-refractivity contribution is 0.742. The molecule has 0 amide bonds. The number of hydrogen-bond acceptors (Lipinski definition) is 1. The highest BCUT2D eigenvalue weighted by Crippen LogP contribution is 2.02. The van der Waals surface area contributed by atoms with Gasteiger partial charge in [-0.2, -0.15) is 0 Å². The second-order valence-corrected chi connectivity index (χ2v) is 2.72. The van der Waals surface area contributed by atoms with E-state index in [1.54, 1.807) is 0 Å². The molecule has 2 N–H and O–H groups in total. The van der Waals surface area contributed by atoms with Gasteiger partial charge in [0.2, 0.25) is 0 Å². The molecule has 0 bridgehead atoms. The Morgan fingerprint density at radius 3 is 2.64 bits per heavy atom. The predicted octanol–water partition coefficient (Wildman–Crippen LogP) is 2.41. The van der Waals surface area contributed by atoms with Crippen LogP contribution in [0.15, 0.2) is 36.5 Å². The number of rotatable bonds is 4. The molecule has 0 heterocycles. The van der Waals surface area contributed by atoms with Gasteiger partial charge in [-0.15, -0.1) is 0 Å². The van der Waals surface area contributed by atoms with Gasteiger partial charge in [0.05, 0.1) is 0 Å². The Morgan fingerprint density at radius 1 is 1.55 bits per heavy atom. The Balaban J connectivity index is 3.69. The van der Waals surface area contributed by atoms with Crippen molar-refractivity contribution in [2.45, 2.75) is 26.3 Å². The van der Waals surface area contributed by atoms with Crippen LogP contribution < -0.4 is 5.73 Å². The second kappa shape index (κ2) is 5.93. The lowest BCUT2D eigenvalue weighted by Gasteiger charge is -2.02. The predicted molar refractivity (Wildman–Crippen MR) is 51.4 cm³/mol. The third-order valence-electron chi connectivity index (χ3n) is 1.22. The molecule has 0 aliphatic rings. The summed E-state index contributed by atoms with van der Waals surface area (Å²) in [7, 11) is 0. The zero-order chi connectivity index (χ0) is 8.69. The summed E-state index contributed by atoms with van der Waals surface area (Å²) in [5.41, 5.74) is 6.67. The van der Waals surface area contributed by atoms with Crippen molar-refractivity contribution in [3.8, 4) is 0 Å². The minimum Gasteiger partial charge on any atom is -0.328 e. The van der Waals surface area contributed by atoms with Crippen LogP contribution in [0.3, 0.4) is 0 Å². The van der Waals surface area contributed by atoms with E-state index in [1.165, 1.54) is 0 Å². The molecular formula is C10H17N. The molecule has 0 aliphatic heterocycles. The molecule has 0 radical (unpaired) electrons. The summed E-state index contributed by atoms with van der Waals surface area (Å²) in [6.45, 7) is 7.83. The summed E-state index contributed by atoms with van der Waals surface area (Å²) in [5, 5.41) is 0. The first kappa shape index (κ1) is 10.2. The summed E-state index contributed by atoms with van der Waals surface area (Å²) in [5.74, 6) is 0. The Morgan fingerprint density at radius 2 is 2.18 bits per heavy atom. The quantitative estimate of drug-likeness (QED) is 0.613. The first-order chi connectivity index (χ1) is 5.16. The molecule has 0 aromatic carbocycles. The third kappa shape index (κ3) is 7.07. The van der Waals surface area contributed by atoms with Crippen molar-refractivity contribution in [2.24, 2.45) is 5.73 Å². The van der Waals surface area contributed by atoms with Gasteiger partial charge in [-0.05, 0) is 20.3 Å². The summed E-state index contributed by atoms with van der Waals surface area (Å²) < 4.78 is 0. The van der Waals surface area contributed by atoms with Crippen LogP contribution in [0.4, 0.5) is 0 Å². The molecule has 0 rings (SSSR count). The van der Waals surface area contributed by atoms with Gasteiger partial charge in [0.15, 0.2) is 0 Å². The van der Waals surface area contributed by atoms with Crippen LogP contribution in [-0.4, -0.2) is 6.04 Å². The highest BCUT2D eigenvalue weighted by molar-refractivity contribution is 5.19. The van der Waals surface area contributed by atoms with E-state index < -0.39 is 0 Å². The molecule has 0 aromatic rings. The van der Waals surface area contributed by atoms with Crippen LogP contribution in [0.25, 0.3) is 0 Å². The van der Waals surface area contributed by atoms with Crippen molar-refractivity contribution < 1.29 is 0 Å². The summed E-state index contributed by atoms with van der Waals surface area (Å²) in [4.78, 5) is 0. The molecule has 1 nitrogen and oxygen atoms in total. The zero-order valence-corrected chi connectivity index (χ0v) is 7.38. The zero-order valence-electron chi connectivity index (χ0n) is 7.38. The molecule has 11 heavy (non-hydrogen) atoms. The van der Waals surface area contributed by atoms with Crippen LogP contribution >= 0.6 is 0 Å². The van der Waals surface area contributed by atoms with Crippen LogP contribution in [-0.2, 0) is 0 Å². The van der Waals surface area contributed by atoms with E-state index in [4.69, 9.17) is 5.73 Å². The fraction of sp³-hybridized carbons (Fsp3) is 0.400. The van der Waals surface area contributed by atoms with E-state index in [-0.39, 0.29) is 6.04 Å². The molecule has 1 atom stereocenters. The Labute approximate surface area is 69.3 Å². The van der Waals surface area contributed by atoms with Gasteiger partial charge in [-0.1, -0.05) is 36.5 Å². The normalized spacial score (nSPS) is 14.5. The van der Waals surface area contributed by atoms with Crippen LogP contribution in [0.5, 0.6) is 0 Å². The van der Waals surface area contributed by atoms with Gasteiger partial charge in [-0.3, -0.25) is 0 Å². The van der Waals surface area contributed by atoms with E-state index >= 15 is 0 Å². The van der Waals surface area contributed by atoms with E-state index in [1.807, 2.05) is 38.2 Å². The van der Waals surface area contributed by atoms with Crippen LogP contribution in [0.2, 0.25) is 0 Å². The van der Waals surface area contributed by atoms with Crippen LogP contribution in [0, 0.1) is 0 Å². The van der Waals surface area contributed by atoms with E-state index in [0.717, 1.165) is 12.0 Å². The van der Waals surface area contributed by atoms with E-state index in [2.05, 4.69) is 6.58 Å². The Hall–Kier alpha value is -0.820. The van der Waals surface area contributed by atoms with Gasteiger partial charge in [-0.25, -0.2) is 0 Å². The van der Waals surface area contributed by atoms with Crippen molar-refractivity contribution in [3.63, 3.8) is 0 Å². The van der Waals surface area contributed by atoms with Gasteiger partial charge in [0.25, 0.3) is 0 Å². The summed E-state index contributed by atoms with van der Waals surface area (Å²) in [6, 6.07) is 0.206. The van der Waals surface area contributed by atoms with Crippen LogP contribution in [0.1, 0.15) is 20.3 Å². The number of hydrogen-bond donors (Lipinski definition) is 1.